The fraction of sp³-hybridized carbons (Fsp3) is 0.514. The maximum atomic E-state index is 14.0. The highest BCUT2D eigenvalue weighted by Gasteiger charge is 2.40. The van der Waals surface area contributed by atoms with E-state index in [0.717, 1.165) is 17.5 Å². The summed E-state index contributed by atoms with van der Waals surface area (Å²) in [5, 5.41) is 13.2. The summed E-state index contributed by atoms with van der Waals surface area (Å²) in [5.74, 6) is -3.40. The molecule has 0 bridgehead atoms. The molecule has 1 aliphatic rings. The van der Waals surface area contributed by atoms with Crippen LogP contribution in [0.4, 0.5) is 0 Å². The summed E-state index contributed by atoms with van der Waals surface area (Å²) in [4.78, 5) is 80.8. The van der Waals surface area contributed by atoms with Crippen molar-refractivity contribution in [1.82, 2.24) is 36.4 Å². The molecule has 1 fully saturated rings. The van der Waals surface area contributed by atoms with Gasteiger partial charge in [-0.05, 0) is 56.2 Å². The molecule has 2 aromatic rings. The largest absolute Gasteiger partial charge is 0.354 e. The Morgan fingerprint density at radius 2 is 1.42 bits per heavy atom. The van der Waals surface area contributed by atoms with Gasteiger partial charge in [0.05, 0.1) is 19.1 Å². The lowest BCUT2D eigenvalue weighted by Gasteiger charge is -2.37. The van der Waals surface area contributed by atoms with E-state index in [4.69, 9.17) is 0 Å². The van der Waals surface area contributed by atoms with Crippen molar-refractivity contribution in [2.24, 2.45) is 5.41 Å². The maximum Gasteiger partial charge on any atom is 0.309 e. The van der Waals surface area contributed by atoms with Crippen LogP contribution in [-0.2, 0) is 41.6 Å². The Balaban J connectivity index is 1.60. The second kappa shape index (κ2) is 19.4. The highest BCUT2D eigenvalue weighted by Crippen LogP contribution is 2.26. The lowest BCUT2D eigenvalue weighted by molar-refractivity contribution is -0.142. The van der Waals surface area contributed by atoms with Crippen molar-refractivity contribution in [3.05, 3.63) is 71.8 Å². The molecule has 50 heavy (non-hydrogen) atoms. The van der Waals surface area contributed by atoms with E-state index in [0.29, 0.717) is 38.9 Å². The molecule has 0 spiro atoms. The molecule has 272 valence electrons. The van der Waals surface area contributed by atoms with E-state index >= 15 is 0 Å². The number of nitrogens with zero attached hydrogens (tertiary/aromatic N) is 2. The molecule has 1 heterocycles. The zero-order valence-corrected chi connectivity index (χ0v) is 29.9. The summed E-state index contributed by atoms with van der Waals surface area (Å²) < 4.78 is 0. The first-order valence-electron chi connectivity index (χ1n) is 17.3. The summed E-state index contributed by atoms with van der Waals surface area (Å²) in [6.07, 6.45) is 2.58. The van der Waals surface area contributed by atoms with Gasteiger partial charge in [0.15, 0.2) is 0 Å². The third-order valence-corrected chi connectivity index (χ3v) is 8.78. The van der Waals surface area contributed by atoms with Gasteiger partial charge in [0.2, 0.25) is 23.6 Å². The van der Waals surface area contributed by atoms with Gasteiger partial charge in [-0.2, -0.15) is 0 Å². The van der Waals surface area contributed by atoms with Crippen molar-refractivity contribution in [3.63, 3.8) is 0 Å². The minimum Gasteiger partial charge on any atom is -0.354 e. The highest BCUT2D eigenvalue weighted by atomic mass is 16.2. The van der Waals surface area contributed by atoms with E-state index in [1.807, 2.05) is 81.4 Å². The van der Waals surface area contributed by atoms with E-state index in [1.165, 1.54) is 0 Å². The van der Waals surface area contributed by atoms with Crippen LogP contribution in [0.15, 0.2) is 60.7 Å². The summed E-state index contributed by atoms with van der Waals surface area (Å²) in [5.41, 5.74) is 1.51. The van der Waals surface area contributed by atoms with Crippen molar-refractivity contribution < 1.29 is 28.8 Å². The molecule has 13 heteroatoms. The Kier molecular flexibility index (Phi) is 15.4. The number of likely N-dealkylation sites (N-methyl/N-ethyl adjacent to an activating group) is 1. The number of carbonyl (C=O) groups excluding carboxylic acids is 6. The van der Waals surface area contributed by atoms with Crippen LogP contribution in [0, 0.1) is 5.41 Å². The zero-order valence-electron chi connectivity index (χ0n) is 29.9. The molecule has 0 radical (unpaired) electrons. The van der Waals surface area contributed by atoms with Crippen LogP contribution >= 0.6 is 0 Å². The van der Waals surface area contributed by atoms with E-state index in [-0.39, 0.29) is 30.9 Å². The van der Waals surface area contributed by atoms with Crippen molar-refractivity contribution in [1.29, 1.82) is 0 Å². The van der Waals surface area contributed by atoms with Crippen molar-refractivity contribution in [3.8, 4) is 0 Å². The normalized spacial score (nSPS) is 15.4. The molecule has 3 rings (SSSR count). The fourth-order valence-electron chi connectivity index (χ4n) is 5.65. The minimum absolute atomic E-state index is 0.207. The van der Waals surface area contributed by atoms with Crippen LogP contribution in [0.3, 0.4) is 0 Å². The number of likely N-dealkylation sites (tertiary alicyclic amines) is 1. The zero-order chi connectivity index (χ0) is 36.7. The summed E-state index contributed by atoms with van der Waals surface area (Å²) in [6.45, 7) is 8.03. The third kappa shape index (κ3) is 12.6. The van der Waals surface area contributed by atoms with Crippen LogP contribution in [0.5, 0.6) is 0 Å². The number of benzene rings is 2. The van der Waals surface area contributed by atoms with E-state index in [1.54, 1.807) is 23.8 Å². The van der Waals surface area contributed by atoms with Crippen LogP contribution in [0.2, 0.25) is 0 Å². The summed E-state index contributed by atoms with van der Waals surface area (Å²) >= 11 is 0. The van der Waals surface area contributed by atoms with Gasteiger partial charge in [0.25, 0.3) is 0 Å². The molecule has 0 aromatic heterocycles. The maximum absolute atomic E-state index is 14.0. The molecule has 0 saturated carbocycles. The van der Waals surface area contributed by atoms with Gasteiger partial charge >= 0.3 is 11.8 Å². The van der Waals surface area contributed by atoms with Gasteiger partial charge in [0.1, 0.15) is 6.04 Å². The number of hydrogen-bond donors (Lipinski definition) is 5. The average Bonchev–Trinajstić information content (AvgIpc) is 3.57. The van der Waals surface area contributed by atoms with Gasteiger partial charge < -0.3 is 36.4 Å². The minimum atomic E-state index is -1.03. The molecule has 13 nitrogen and oxygen atoms in total. The van der Waals surface area contributed by atoms with Gasteiger partial charge in [-0.25, -0.2) is 0 Å². The molecule has 0 aliphatic carbocycles. The summed E-state index contributed by atoms with van der Waals surface area (Å²) in [6, 6.07) is 17.7. The number of hydrogen-bond acceptors (Lipinski definition) is 7. The first-order valence-corrected chi connectivity index (χ1v) is 17.3. The standard InChI is InChI=1S/C37H53N7O6/c1-26(38-5)33(47)42-32(37(2,3)4)36(50)44-21-12-17-29(44)25-43(22-19-28-15-10-7-11-16-28)31(46)24-41-35(49)34(48)40-23-30(45)39-20-18-27-13-8-6-9-14-27/h6-11,13-16,26,29,32,38H,12,17-25H2,1-5H3,(H,39,45)(H,40,48)(H,41,49)(H,42,47)/t26-,29-,32+/m0/s1. The van der Waals surface area contributed by atoms with Gasteiger partial charge in [-0.15, -0.1) is 0 Å². The average molecular weight is 692 g/mol. The molecule has 5 N–H and O–H groups in total. The predicted octanol–water partition coefficient (Wildman–Crippen LogP) is 0.779. The first-order chi connectivity index (χ1) is 23.8. The molecule has 6 amide bonds. The van der Waals surface area contributed by atoms with Crippen molar-refractivity contribution in [2.75, 3.05) is 46.3 Å². The Hall–Kier alpha value is -4.78. The van der Waals surface area contributed by atoms with Crippen LogP contribution < -0.4 is 26.6 Å². The predicted molar refractivity (Wildman–Crippen MR) is 191 cm³/mol. The summed E-state index contributed by atoms with van der Waals surface area (Å²) in [7, 11) is 1.68. The van der Waals surface area contributed by atoms with Crippen molar-refractivity contribution in [2.45, 2.75) is 71.5 Å². The number of nitrogens with one attached hydrogen (secondary N) is 5. The van der Waals surface area contributed by atoms with Crippen LogP contribution in [0.25, 0.3) is 0 Å². The van der Waals surface area contributed by atoms with Crippen molar-refractivity contribution >= 4 is 35.4 Å². The third-order valence-electron chi connectivity index (χ3n) is 8.78. The van der Waals surface area contributed by atoms with Gasteiger partial charge in [0, 0.05) is 32.2 Å². The monoisotopic (exact) mass is 691 g/mol. The SMILES string of the molecule is CN[C@@H](C)C(=O)N[C@H](C(=O)N1CCC[C@H]1CN(CCc1ccccc1)C(=O)CNC(=O)C(=O)NCC(=O)NCCc1ccccc1)C(C)(C)C. The Bertz CT molecular complexity index is 1450. The van der Waals surface area contributed by atoms with E-state index in [9.17, 15) is 28.8 Å². The lowest BCUT2D eigenvalue weighted by atomic mass is 9.85. The van der Waals surface area contributed by atoms with Crippen LogP contribution in [-0.4, -0.2) is 110 Å². The topological polar surface area (TPSA) is 169 Å². The molecule has 1 saturated heterocycles. The quantitative estimate of drug-likeness (QED) is 0.162. The number of rotatable bonds is 16. The second-order valence-corrected chi connectivity index (χ2v) is 13.7. The highest BCUT2D eigenvalue weighted by molar-refractivity contribution is 6.35. The second-order valence-electron chi connectivity index (χ2n) is 13.7. The smallest absolute Gasteiger partial charge is 0.309 e. The molecule has 2 aromatic carbocycles. The van der Waals surface area contributed by atoms with Gasteiger partial charge in [-0.1, -0.05) is 81.4 Å². The van der Waals surface area contributed by atoms with Crippen LogP contribution in [0.1, 0.15) is 51.7 Å². The molecule has 0 unspecified atom stereocenters. The fourth-order valence-corrected chi connectivity index (χ4v) is 5.65. The molecular formula is C37H53N7O6. The molecule has 3 atom stereocenters. The van der Waals surface area contributed by atoms with E-state index < -0.39 is 47.7 Å². The molecule has 1 aliphatic heterocycles. The Morgan fingerprint density at radius 1 is 0.840 bits per heavy atom. The van der Waals surface area contributed by atoms with Gasteiger partial charge in [-0.3, -0.25) is 28.8 Å². The van der Waals surface area contributed by atoms with E-state index in [2.05, 4.69) is 26.6 Å². The Morgan fingerprint density at radius 3 is 2.00 bits per heavy atom. The number of amides is 6. The number of carbonyl (C=O) groups is 6. The Labute approximate surface area is 295 Å². The lowest BCUT2D eigenvalue weighted by Crippen LogP contribution is -2.59. The molecular weight excluding hydrogens is 638 g/mol. The first kappa shape index (κ1) is 39.7.